The summed E-state index contributed by atoms with van der Waals surface area (Å²) in [6, 6.07) is 12.1. The van der Waals surface area contributed by atoms with Gasteiger partial charge in [-0.05, 0) is 29.3 Å². The summed E-state index contributed by atoms with van der Waals surface area (Å²) in [6.07, 6.45) is 1.75. The van der Waals surface area contributed by atoms with E-state index in [4.69, 9.17) is 4.74 Å². The standard InChI is InChI=1S/C13H14N2O/c1-14-12-5-3-4-10(8-12)11-6-7-15-13(9-11)16-2/h3-9,14H,1-2H3. The molecule has 0 radical (unpaired) electrons. The van der Waals surface area contributed by atoms with Crippen molar-refractivity contribution in [1.82, 2.24) is 4.98 Å². The third-order valence-corrected chi connectivity index (χ3v) is 2.43. The van der Waals surface area contributed by atoms with E-state index >= 15 is 0 Å². The van der Waals surface area contributed by atoms with Gasteiger partial charge in [0.2, 0.25) is 5.88 Å². The lowest BCUT2D eigenvalue weighted by Gasteiger charge is -2.06. The number of nitrogens with one attached hydrogen (secondary N) is 1. The van der Waals surface area contributed by atoms with Crippen molar-refractivity contribution >= 4 is 5.69 Å². The zero-order valence-corrected chi connectivity index (χ0v) is 9.40. The number of hydrogen-bond acceptors (Lipinski definition) is 3. The van der Waals surface area contributed by atoms with Gasteiger partial charge in [-0.15, -0.1) is 0 Å². The average molecular weight is 214 g/mol. The van der Waals surface area contributed by atoms with E-state index in [0.717, 1.165) is 16.8 Å². The monoisotopic (exact) mass is 214 g/mol. The van der Waals surface area contributed by atoms with E-state index in [-0.39, 0.29) is 0 Å². The first-order valence-electron chi connectivity index (χ1n) is 5.11. The highest BCUT2D eigenvalue weighted by Gasteiger charge is 2.00. The van der Waals surface area contributed by atoms with E-state index in [2.05, 4.69) is 22.4 Å². The fourth-order valence-electron chi connectivity index (χ4n) is 1.55. The van der Waals surface area contributed by atoms with Crippen LogP contribution in [0.5, 0.6) is 5.88 Å². The molecule has 2 aromatic rings. The molecule has 3 nitrogen and oxygen atoms in total. The minimum Gasteiger partial charge on any atom is -0.481 e. The Morgan fingerprint density at radius 1 is 1.12 bits per heavy atom. The lowest BCUT2D eigenvalue weighted by molar-refractivity contribution is 0.398. The smallest absolute Gasteiger partial charge is 0.213 e. The van der Waals surface area contributed by atoms with E-state index in [9.17, 15) is 0 Å². The minimum absolute atomic E-state index is 0.632. The molecule has 2 rings (SSSR count). The van der Waals surface area contributed by atoms with Crippen LogP contribution in [0.1, 0.15) is 0 Å². The molecule has 0 atom stereocenters. The van der Waals surface area contributed by atoms with E-state index < -0.39 is 0 Å². The van der Waals surface area contributed by atoms with Crippen LogP contribution in [0.15, 0.2) is 42.6 Å². The number of anilines is 1. The maximum atomic E-state index is 5.11. The van der Waals surface area contributed by atoms with Crippen molar-refractivity contribution in [1.29, 1.82) is 0 Å². The van der Waals surface area contributed by atoms with Gasteiger partial charge in [-0.25, -0.2) is 4.98 Å². The van der Waals surface area contributed by atoms with Crippen LogP contribution >= 0.6 is 0 Å². The van der Waals surface area contributed by atoms with Crippen LogP contribution < -0.4 is 10.1 Å². The quantitative estimate of drug-likeness (QED) is 0.853. The Hall–Kier alpha value is -2.03. The molecular formula is C13H14N2O. The van der Waals surface area contributed by atoms with E-state index in [1.165, 1.54) is 0 Å². The van der Waals surface area contributed by atoms with Crippen molar-refractivity contribution in [2.24, 2.45) is 0 Å². The van der Waals surface area contributed by atoms with Gasteiger partial charge < -0.3 is 10.1 Å². The maximum Gasteiger partial charge on any atom is 0.213 e. The average Bonchev–Trinajstić information content (AvgIpc) is 2.39. The third-order valence-electron chi connectivity index (χ3n) is 2.43. The maximum absolute atomic E-state index is 5.11. The second-order valence-electron chi connectivity index (χ2n) is 3.42. The largest absolute Gasteiger partial charge is 0.481 e. The van der Waals surface area contributed by atoms with Crippen LogP contribution in [-0.4, -0.2) is 19.1 Å². The van der Waals surface area contributed by atoms with Gasteiger partial charge in [0.25, 0.3) is 0 Å². The van der Waals surface area contributed by atoms with E-state index in [1.807, 2.05) is 31.3 Å². The van der Waals surface area contributed by atoms with Gasteiger partial charge in [-0.1, -0.05) is 12.1 Å². The lowest BCUT2D eigenvalue weighted by Crippen LogP contribution is -1.89. The molecule has 82 valence electrons. The number of benzene rings is 1. The summed E-state index contributed by atoms with van der Waals surface area (Å²) < 4.78 is 5.11. The summed E-state index contributed by atoms with van der Waals surface area (Å²) in [4.78, 5) is 4.09. The molecular weight excluding hydrogens is 200 g/mol. The Labute approximate surface area is 95.1 Å². The van der Waals surface area contributed by atoms with Crippen molar-refractivity contribution in [3.05, 3.63) is 42.6 Å². The van der Waals surface area contributed by atoms with Gasteiger partial charge in [0.05, 0.1) is 7.11 Å². The van der Waals surface area contributed by atoms with Crippen molar-refractivity contribution in [3.63, 3.8) is 0 Å². The molecule has 1 aromatic carbocycles. The minimum atomic E-state index is 0.632. The summed E-state index contributed by atoms with van der Waals surface area (Å²) >= 11 is 0. The Kier molecular flexibility index (Phi) is 3.05. The molecule has 0 fully saturated rings. The number of ether oxygens (including phenoxy) is 1. The highest BCUT2D eigenvalue weighted by atomic mass is 16.5. The molecule has 0 aliphatic rings. The molecule has 0 aliphatic carbocycles. The zero-order chi connectivity index (χ0) is 11.4. The summed E-state index contributed by atoms with van der Waals surface area (Å²) in [6.45, 7) is 0. The number of hydrogen-bond donors (Lipinski definition) is 1. The van der Waals surface area contributed by atoms with Crippen LogP contribution in [0.4, 0.5) is 5.69 Å². The van der Waals surface area contributed by atoms with Gasteiger partial charge in [0.1, 0.15) is 0 Å². The molecule has 0 bridgehead atoms. The van der Waals surface area contributed by atoms with Gasteiger partial charge in [-0.2, -0.15) is 0 Å². The lowest BCUT2D eigenvalue weighted by atomic mass is 10.1. The molecule has 1 N–H and O–H groups in total. The van der Waals surface area contributed by atoms with Crippen LogP contribution in [0, 0.1) is 0 Å². The summed E-state index contributed by atoms with van der Waals surface area (Å²) in [5.41, 5.74) is 3.34. The topological polar surface area (TPSA) is 34.2 Å². The van der Waals surface area contributed by atoms with E-state index in [1.54, 1.807) is 13.3 Å². The number of nitrogens with zero attached hydrogens (tertiary/aromatic N) is 1. The summed E-state index contributed by atoms with van der Waals surface area (Å²) in [5.74, 6) is 0.632. The molecule has 0 amide bonds. The number of methoxy groups -OCH3 is 1. The molecule has 0 unspecified atom stereocenters. The third kappa shape index (κ3) is 2.14. The molecule has 16 heavy (non-hydrogen) atoms. The van der Waals surface area contributed by atoms with Gasteiger partial charge in [0, 0.05) is 25.0 Å². The summed E-state index contributed by atoms with van der Waals surface area (Å²) in [5, 5.41) is 3.12. The Balaban J connectivity index is 2.41. The van der Waals surface area contributed by atoms with Gasteiger partial charge in [-0.3, -0.25) is 0 Å². The first-order chi connectivity index (χ1) is 7.83. The molecule has 0 saturated heterocycles. The Morgan fingerprint density at radius 2 is 1.94 bits per heavy atom. The van der Waals surface area contributed by atoms with Crippen molar-refractivity contribution in [3.8, 4) is 17.0 Å². The molecule has 3 heteroatoms. The van der Waals surface area contributed by atoms with E-state index in [0.29, 0.717) is 5.88 Å². The number of aromatic nitrogens is 1. The zero-order valence-electron chi connectivity index (χ0n) is 9.40. The Morgan fingerprint density at radius 3 is 2.69 bits per heavy atom. The molecule has 1 aromatic heterocycles. The molecule has 1 heterocycles. The fraction of sp³-hybridized carbons (Fsp3) is 0.154. The SMILES string of the molecule is CNc1cccc(-c2ccnc(OC)c2)c1. The number of pyridine rings is 1. The predicted octanol–water partition coefficient (Wildman–Crippen LogP) is 2.80. The van der Waals surface area contributed by atoms with Crippen molar-refractivity contribution < 1.29 is 4.74 Å². The fourth-order valence-corrected chi connectivity index (χ4v) is 1.55. The molecule has 0 saturated carbocycles. The highest BCUT2D eigenvalue weighted by molar-refractivity contribution is 5.68. The van der Waals surface area contributed by atoms with Crippen molar-refractivity contribution in [2.75, 3.05) is 19.5 Å². The first-order valence-corrected chi connectivity index (χ1v) is 5.11. The number of rotatable bonds is 3. The van der Waals surface area contributed by atoms with Gasteiger partial charge >= 0.3 is 0 Å². The first kappa shape index (κ1) is 10.5. The normalized spacial score (nSPS) is 9.88. The second kappa shape index (κ2) is 4.66. The van der Waals surface area contributed by atoms with Crippen LogP contribution in [-0.2, 0) is 0 Å². The predicted molar refractivity (Wildman–Crippen MR) is 65.8 cm³/mol. The molecule has 0 aliphatic heterocycles. The van der Waals surface area contributed by atoms with Crippen molar-refractivity contribution in [2.45, 2.75) is 0 Å². The summed E-state index contributed by atoms with van der Waals surface area (Å²) in [7, 11) is 3.53. The van der Waals surface area contributed by atoms with Crippen LogP contribution in [0.2, 0.25) is 0 Å². The highest BCUT2D eigenvalue weighted by Crippen LogP contribution is 2.24. The van der Waals surface area contributed by atoms with Gasteiger partial charge in [0.15, 0.2) is 0 Å². The Bertz CT molecular complexity index is 437. The second-order valence-corrected chi connectivity index (χ2v) is 3.42. The van der Waals surface area contributed by atoms with Crippen LogP contribution in [0.25, 0.3) is 11.1 Å². The van der Waals surface area contributed by atoms with Crippen LogP contribution in [0.3, 0.4) is 0 Å². The molecule has 0 spiro atoms.